The second-order valence-corrected chi connectivity index (χ2v) is 3.98. The molecule has 0 saturated carbocycles. The van der Waals surface area contributed by atoms with Gasteiger partial charge < -0.3 is 24.1 Å². The third kappa shape index (κ3) is 2.49. The second-order valence-electron chi connectivity index (χ2n) is 3.98. The van der Waals surface area contributed by atoms with Crippen molar-refractivity contribution in [3.05, 3.63) is 17.4 Å². The van der Waals surface area contributed by atoms with Crippen LogP contribution in [0.15, 0.2) is 6.07 Å². The molecule has 1 heterocycles. The molecule has 1 aliphatic heterocycles. The first-order valence-electron chi connectivity index (χ1n) is 6.10. The minimum atomic E-state index is -1.71. The van der Waals surface area contributed by atoms with Crippen molar-refractivity contribution in [2.45, 2.75) is 13.0 Å². The van der Waals surface area contributed by atoms with Crippen LogP contribution in [0.2, 0.25) is 0 Å². The topological polar surface area (TPSA) is 74.2 Å². The van der Waals surface area contributed by atoms with Gasteiger partial charge in [-0.2, -0.15) is 0 Å². The van der Waals surface area contributed by atoms with Gasteiger partial charge in [-0.1, -0.05) is 0 Å². The van der Waals surface area contributed by atoms with Gasteiger partial charge in [0.2, 0.25) is 0 Å². The summed E-state index contributed by atoms with van der Waals surface area (Å²) >= 11 is 0. The lowest BCUT2D eigenvalue weighted by molar-refractivity contribution is -0.153. The molecule has 0 aromatic heterocycles. The van der Waals surface area contributed by atoms with Crippen molar-refractivity contribution in [2.75, 3.05) is 26.9 Å². The van der Waals surface area contributed by atoms with E-state index in [1.165, 1.54) is 7.11 Å². The van der Waals surface area contributed by atoms with Gasteiger partial charge in [0, 0.05) is 6.07 Å². The zero-order chi connectivity index (χ0) is 14.7. The van der Waals surface area contributed by atoms with E-state index < -0.39 is 17.9 Å². The van der Waals surface area contributed by atoms with Crippen molar-refractivity contribution >= 4 is 5.97 Å². The number of esters is 1. The molecule has 1 unspecified atom stereocenters. The first-order valence-corrected chi connectivity index (χ1v) is 6.10. The summed E-state index contributed by atoms with van der Waals surface area (Å²) in [4.78, 5) is 11.7. The Morgan fingerprint density at radius 2 is 2.20 bits per heavy atom. The van der Waals surface area contributed by atoms with Gasteiger partial charge in [-0.15, -0.1) is 0 Å². The maximum Gasteiger partial charge on any atom is 0.339 e. The van der Waals surface area contributed by atoms with E-state index in [1.807, 2.05) is 0 Å². The highest BCUT2D eigenvalue weighted by Crippen LogP contribution is 2.44. The van der Waals surface area contributed by atoms with Crippen LogP contribution in [0.5, 0.6) is 17.2 Å². The molecule has 110 valence electrons. The maximum absolute atomic E-state index is 13.9. The molecule has 0 spiro atoms. The fourth-order valence-electron chi connectivity index (χ4n) is 1.96. The number of carbonyl (C=O) groups is 1. The van der Waals surface area contributed by atoms with Gasteiger partial charge in [-0.05, 0) is 6.92 Å². The predicted molar refractivity (Wildman–Crippen MR) is 65.5 cm³/mol. The molecule has 0 saturated heterocycles. The number of halogens is 1. The molecule has 1 aromatic rings. The monoisotopic (exact) mass is 286 g/mol. The first-order chi connectivity index (χ1) is 9.60. The van der Waals surface area contributed by atoms with Crippen LogP contribution in [0.3, 0.4) is 0 Å². The highest BCUT2D eigenvalue weighted by Gasteiger charge is 2.33. The molecule has 0 radical (unpaired) electrons. The Hall–Kier alpha value is -2.02. The molecule has 1 N–H and O–H groups in total. The average Bonchev–Trinajstić information content (AvgIpc) is 2.45. The summed E-state index contributed by atoms with van der Waals surface area (Å²) in [6, 6.07) is 1.09. The van der Waals surface area contributed by atoms with Crippen molar-refractivity contribution in [1.82, 2.24) is 0 Å². The van der Waals surface area contributed by atoms with Crippen LogP contribution in [0.4, 0.5) is 4.39 Å². The Bertz CT molecular complexity index is 516. The summed E-state index contributed by atoms with van der Waals surface area (Å²) in [5.41, 5.74) is -0.124. The smallest absolute Gasteiger partial charge is 0.339 e. The quantitative estimate of drug-likeness (QED) is 0.838. The molecule has 6 nitrogen and oxygen atoms in total. The number of hydrogen-bond donors (Lipinski definition) is 1. The van der Waals surface area contributed by atoms with Crippen LogP contribution in [0, 0.1) is 5.82 Å². The van der Waals surface area contributed by atoms with Gasteiger partial charge in [0.15, 0.2) is 29.2 Å². The molecule has 7 heteroatoms. The Labute approximate surface area is 115 Å². The lowest BCUT2D eigenvalue weighted by Gasteiger charge is -2.24. The third-order valence-corrected chi connectivity index (χ3v) is 2.76. The van der Waals surface area contributed by atoms with Crippen LogP contribution in [-0.2, 0) is 9.53 Å². The molecule has 1 aliphatic rings. The van der Waals surface area contributed by atoms with E-state index in [2.05, 4.69) is 0 Å². The number of fused-ring (bicyclic) bond motifs is 1. The number of aliphatic hydroxyl groups excluding tert-OH is 1. The van der Waals surface area contributed by atoms with E-state index in [0.29, 0.717) is 0 Å². The normalized spacial score (nSPS) is 14.6. The Morgan fingerprint density at radius 3 is 2.85 bits per heavy atom. The van der Waals surface area contributed by atoms with Crippen LogP contribution < -0.4 is 14.2 Å². The largest absolute Gasteiger partial charge is 0.493 e. The summed E-state index contributed by atoms with van der Waals surface area (Å²) in [6.45, 7) is 2.17. The van der Waals surface area contributed by atoms with Crippen molar-refractivity contribution in [3.8, 4) is 17.2 Å². The average molecular weight is 286 g/mol. The van der Waals surface area contributed by atoms with E-state index in [9.17, 15) is 14.3 Å². The second kappa shape index (κ2) is 5.96. The highest BCUT2D eigenvalue weighted by atomic mass is 19.1. The lowest BCUT2D eigenvalue weighted by atomic mass is 10.0. The molecular formula is C13H15FO6. The van der Waals surface area contributed by atoms with E-state index in [1.54, 1.807) is 6.92 Å². The Balaban J connectivity index is 2.53. The van der Waals surface area contributed by atoms with E-state index >= 15 is 0 Å². The molecule has 0 bridgehead atoms. The molecule has 1 atom stereocenters. The molecule has 20 heavy (non-hydrogen) atoms. The van der Waals surface area contributed by atoms with E-state index in [-0.39, 0.29) is 42.6 Å². The van der Waals surface area contributed by atoms with Gasteiger partial charge in [-0.25, -0.2) is 9.18 Å². The minimum absolute atomic E-state index is 0.0903. The number of methoxy groups -OCH3 is 1. The van der Waals surface area contributed by atoms with Crippen molar-refractivity contribution < 1.29 is 33.2 Å². The van der Waals surface area contributed by atoms with Gasteiger partial charge in [-0.3, -0.25) is 0 Å². The summed E-state index contributed by atoms with van der Waals surface area (Å²) < 4.78 is 34.2. The van der Waals surface area contributed by atoms with Crippen LogP contribution >= 0.6 is 0 Å². The molecule has 2 rings (SSSR count). The van der Waals surface area contributed by atoms with E-state index in [4.69, 9.17) is 18.9 Å². The third-order valence-electron chi connectivity index (χ3n) is 2.76. The lowest BCUT2D eigenvalue weighted by Crippen LogP contribution is -2.22. The number of rotatable bonds is 4. The number of carbonyl (C=O) groups excluding carboxylic acids is 1. The summed E-state index contributed by atoms with van der Waals surface area (Å²) in [5.74, 6) is -1.72. The van der Waals surface area contributed by atoms with Crippen LogP contribution in [0.25, 0.3) is 0 Å². The molecule has 0 fully saturated rings. The highest BCUT2D eigenvalue weighted by molar-refractivity contribution is 5.79. The molecular weight excluding hydrogens is 271 g/mol. The fourth-order valence-corrected chi connectivity index (χ4v) is 1.96. The number of benzene rings is 1. The Kier molecular flexibility index (Phi) is 4.29. The minimum Gasteiger partial charge on any atom is -0.493 e. The van der Waals surface area contributed by atoms with Gasteiger partial charge >= 0.3 is 5.97 Å². The number of aliphatic hydroxyl groups is 1. The fraction of sp³-hybridized carbons (Fsp3) is 0.462. The summed E-state index contributed by atoms with van der Waals surface area (Å²) in [5, 5.41) is 10.1. The molecule has 1 aromatic carbocycles. The molecule has 0 aliphatic carbocycles. The predicted octanol–water partition coefficient (Wildman–Crippen LogP) is 1.20. The van der Waals surface area contributed by atoms with Gasteiger partial charge in [0.25, 0.3) is 0 Å². The first kappa shape index (κ1) is 14.4. The van der Waals surface area contributed by atoms with Crippen LogP contribution in [0.1, 0.15) is 18.6 Å². The van der Waals surface area contributed by atoms with Gasteiger partial charge in [0.1, 0.15) is 13.2 Å². The van der Waals surface area contributed by atoms with E-state index in [0.717, 1.165) is 6.07 Å². The van der Waals surface area contributed by atoms with Crippen molar-refractivity contribution in [3.63, 3.8) is 0 Å². The SMILES string of the molecule is CCOC(=O)C(O)c1c(OC)c(F)cc2c1OCCO2. The maximum atomic E-state index is 13.9. The number of hydrogen-bond acceptors (Lipinski definition) is 6. The standard InChI is InChI=1S/C13H15FO6/c1-3-18-13(16)10(15)9-11(17-2)7(14)6-8-12(9)20-5-4-19-8/h6,10,15H,3-5H2,1-2H3. The number of ether oxygens (including phenoxy) is 4. The Morgan fingerprint density at radius 1 is 1.50 bits per heavy atom. The van der Waals surface area contributed by atoms with Crippen LogP contribution in [-0.4, -0.2) is 38.0 Å². The zero-order valence-corrected chi connectivity index (χ0v) is 11.1. The molecule has 0 amide bonds. The zero-order valence-electron chi connectivity index (χ0n) is 11.1. The van der Waals surface area contributed by atoms with Crippen molar-refractivity contribution in [2.24, 2.45) is 0 Å². The van der Waals surface area contributed by atoms with Crippen molar-refractivity contribution in [1.29, 1.82) is 0 Å². The van der Waals surface area contributed by atoms with Gasteiger partial charge in [0.05, 0.1) is 19.3 Å². The summed E-state index contributed by atoms with van der Waals surface area (Å²) in [6.07, 6.45) is -1.71. The summed E-state index contributed by atoms with van der Waals surface area (Å²) in [7, 11) is 1.23.